The minimum atomic E-state index is -0.114. The van der Waals surface area contributed by atoms with Crippen molar-refractivity contribution in [2.45, 2.75) is 26.8 Å². The zero-order chi connectivity index (χ0) is 15.2. The second-order valence-electron chi connectivity index (χ2n) is 5.01. The fourth-order valence-electron chi connectivity index (χ4n) is 2.17. The summed E-state index contributed by atoms with van der Waals surface area (Å²) in [5.41, 5.74) is 2.88. The van der Waals surface area contributed by atoms with Gasteiger partial charge in [-0.25, -0.2) is 0 Å². The minimum Gasteiger partial charge on any atom is -0.338 e. The van der Waals surface area contributed by atoms with E-state index in [9.17, 15) is 4.79 Å². The number of amides is 1. The van der Waals surface area contributed by atoms with Crippen LogP contribution in [0.3, 0.4) is 0 Å². The summed E-state index contributed by atoms with van der Waals surface area (Å²) in [6.07, 6.45) is 4.26. The summed E-state index contributed by atoms with van der Waals surface area (Å²) >= 11 is 0. The van der Waals surface area contributed by atoms with E-state index in [-0.39, 0.29) is 12.5 Å². The van der Waals surface area contributed by atoms with Gasteiger partial charge in [0.25, 0.3) is 0 Å². The van der Waals surface area contributed by atoms with Crippen LogP contribution in [0.4, 0.5) is 5.88 Å². The lowest BCUT2D eigenvalue weighted by atomic mass is 10.2. The Labute approximate surface area is 124 Å². The predicted octanol–water partition coefficient (Wildman–Crippen LogP) is 2.01. The summed E-state index contributed by atoms with van der Waals surface area (Å²) in [4.78, 5) is 17.9. The van der Waals surface area contributed by atoms with E-state index in [2.05, 4.69) is 15.5 Å². The largest absolute Gasteiger partial charge is 0.338 e. The summed E-state index contributed by atoms with van der Waals surface area (Å²) in [5.74, 6) is 0.342. The third kappa shape index (κ3) is 4.13. The van der Waals surface area contributed by atoms with Gasteiger partial charge < -0.3 is 4.52 Å². The maximum Gasteiger partial charge on any atom is 0.240 e. The number of aryl methyl sites for hydroxylation is 1. The molecule has 0 spiro atoms. The second kappa shape index (κ2) is 6.99. The Bertz CT molecular complexity index is 595. The van der Waals surface area contributed by atoms with Gasteiger partial charge in [0.15, 0.2) is 0 Å². The first kappa shape index (κ1) is 15.2. The Hall–Kier alpha value is -2.21. The van der Waals surface area contributed by atoms with Gasteiger partial charge >= 0.3 is 0 Å². The molecular formula is C15H20N4O2. The standard InChI is InChI=1S/C15H20N4O2/c1-4-13-11(2)18-21-15(13)17-14(20)10-19(3)9-12-5-7-16-8-6-12/h5-8H,4,9-10H2,1-3H3,(H,17,20). The molecule has 0 atom stereocenters. The molecule has 2 aromatic rings. The van der Waals surface area contributed by atoms with Crippen LogP contribution in [-0.2, 0) is 17.8 Å². The fraction of sp³-hybridized carbons (Fsp3) is 0.400. The van der Waals surface area contributed by atoms with E-state index in [1.807, 2.05) is 37.9 Å². The molecule has 0 fully saturated rings. The molecule has 0 aliphatic rings. The van der Waals surface area contributed by atoms with Gasteiger partial charge in [-0.3, -0.25) is 20.0 Å². The van der Waals surface area contributed by atoms with Gasteiger partial charge in [0.05, 0.1) is 12.2 Å². The average Bonchev–Trinajstić information content (AvgIpc) is 2.79. The first-order chi connectivity index (χ1) is 10.1. The van der Waals surface area contributed by atoms with Crippen LogP contribution < -0.4 is 5.32 Å². The van der Waals surface area contributed by atoms with Crippen LogP contribution in [0.1, 0.15) is 23.7 Å². The van der Waals surface area contributed by atoms with E-state index < -0.39 is 0 Å². The zero-order valence-electron chi connectivity index (χ0n) is 12.6. The molecule has 112 valence electrons. The van der Waals surface area contributed by atoms with Crippen LogP contribution in [-0.4, -0.2) is 34.5 Å². The van der Waals surface area contributed by atoms with Crippen molar-refractivity contribution in [3.05, 3.63) is 41.3 Å². The van der Waals surface area contributed by atoms with Crippen LogP contribution in [0.15, 0.2) is 29.0 Å². The van der Waals surface area contributed by atoms with Crippen LogP contribution >= 0.6 is 0 Å². The molecule has 6 nitrogen and oxygen atoms in total. The molecule has 6 heteroatoms. The highest BCUT2D eigenvalue weighted by Gasteiger charge is 2.15. The molecular weight excluding hydrogens is 268 g/mol. The third-order valence-corrected chi connectivity index (χ3v) is 3.21. The molecule has 0 unspecified atom stereocenters. The molecule has 1 N–H and O–H groups in total. The monoisotopic (exact) mass is 288 g/mol. The number of hydrogen-bond acceptors (Lipinski definition) is 5. The molecule has 0 aliphatic carbocycles. The molecule has 0 saturated heterocycles. The van der Waals surface area contributed by atoms with Gasteiger partial charge in [-0.15, -0.1) is 0 Å². The lowest BCUT2D eigenvalue weighted by Gasteiger charge is -2.15. The normalized spacial score (nSPS) is 10.9. The van der Waals surface area contributed by atoms with Crippen molar-refractivity contribution >= 4 is 11.8 Å². The van der Waals surface area contributed by atoms with Crippen molar-refractivity contribution < 1.29 is 9.32 Å². The quantitative estimate of drug-likeness (QED) is 0.880. The molecule has 0 aliphatic heterocycles. The van der Waals surface area contributed by atoms with Crippen molar-refractivity contribution in [1.82, 2.24) is 15.0 Å². The van der Waals surface area contributed by atoms with E-state index >= 15 is 0 Å². The molecule has 2 rings (SSSR count). The van der Waals surface area contributed by atoms with E-state index in [0.717, 1.165) is 23.2 Å². The molecule has 0 saturated carbocycles. The van der Waals surface area contributed by atoms with Gasteiger partial charge in [-0.05, 0) is 38.1 Å². The number of aromatic nitrogens is 2. The van der Waals surface area contributed by atoms with Crippen molar-refractivity contribution in [3.63, 3.8) is 0 Å². The van der Waals surface area contributed by atoms with Gasteiger partial charge in [0.2, 0.25) is 11.8 Å². The topological polar surface area (TPSA) is 71.3 Å². The smallest absolute Gasteiger partial charge is 0.240 e. The SMILES string of the molecule is CCc1c(C)noc1NC(=O)CN(C)Cc1ccncc1. The molecule has 0 radical (unpaired) electrons. The number of carbonyl (C=O) groups excluding carboxylic acids is 1. The molecule has 1 amide bonds. The Morgan fingerprint density at radius 3 is 2.76 bits per heavy atom. The van der Waals surface area contributed by atoms with Gasteiger partial charge in [-0.2, -0.15) is 0 Å². The van der Waals surface area contributed by atoms with Crippen LogP contribution in [0.5, 0.6) is 0 Å². The summed E-state index contributed by atoms with van der Waals surface area (Å²) in [5, 5.41) is 6.65. The van der Waals surface area contributed by atoms with E-state index in [4.69, 9.17) is 4.52 Å². The Balaban J connectivity index is 1.89. The van der Waals surface area contributed by atoms with Crippen molar-refractivity contribution in [3.8, 4) is 0 Å². The van der Waals surface area contributed by atoms with Gasteiger partial charge in [0, 0.05) is 24.5 Å². The van der Waals surface area contributed by atoms with Gasteiger partial charge in [0.1, 0.15) is 0 Å². The highest BCUT2D eigenvalue weighted by atomic mass is 16.5. The number of likely N-dealkylation sites (N-methyl/N-ethyl adjacent to an activating group) is 1. The molecule has 21 heavy (non-hydrogen) atoms. The van der Waals surface area contributed by atoms with E-state index in [1.165, 1.54) is 0 Å². The van der Waals surface area contributed by atoms with Crippen LogP contribution in [0.2, 0.25) is 0 Å². The number of pyridine rings is 1. The first-order valence-corrected chi connectivity index (χ1v) is 6.92. The summed E-state index contributed by atoms with van der Waals surface area (Å²) in [6.45, 7) is 4.84. The first-order valence-electron chi connectivity index (χ1n) is 6.92. The highest BCUT2D eigenvalue weighted by Crippen LogP contribution is 2.19. The molecule has 0 bridgehead atoms. The highest BCUT2D eigenvalue weighted by molar-refractivity contribution is 5.91. The zero-order valence-corrected chi connectivity index (χ0v) is 12.6. The lowest BCUT2D eigenvalue weighted by Crippen LogP contribution is -2.30. The summed E-state index contributed by atoms with van der Waals surface area (Å²) in [6, 6.07) is 3.87. The number of hydrogen-bond donors (Lipinski definition) is 1. The number of nitrogens with zero attached hydrogens (tertiary/aromatic N) is 3. The van der Waals surface area contributed by atoms with E-state index in [1.54, 1.807) is 12.4 Å². The van der Waals surface area contributed by atoms with Crippen LogP contribution in [0.25, 0.3) is 0 Å². The summed E-state index contributed by atoms with van der Waals surface area (Å²) in [7, 11) is 1.90. The van der Waals surface area contributed by atoms with E-state index in [0.29, 0.717) is 12.4 Å². The Morgan fingerprint density at radius 1 is 1.38 bits per heavy atom. The average molecular weight is 288 g/mol. The second-order valence-corrected chi connectivity index (χ2v) is 5.01. The van der Waals surface area contributed by atoms with Gasteiger partial charge in [-0.1, -0.05) is 12.1 Å². The fourth-order valence-corrected chi connectivity index (χ4v) is 2.17. The third-order valence-electron chi connectivity index (χ3n) is 3.21. The number of anilines is 1. The maximum absolute atomic E-state index is 12.0. The Morgan fingerprint density at radius 2 is 2.10 bits per heavy atom. The number of nitrogens with one attached hydrogen (secondary N) is 1. The molecule has 2 heterocycles. The lowest BCUT2D eigenvalue weighted by molar-refractivity contribution is -0.117. The number of carbonyl (C=O) groups is 1. The van der Waals surface area contributed by atoms with Crippen molar-refractivity contribution in [2.75, 3.05) is 18.9 Å². The number of rotatable bonds is 6. The molecule has 0 aromatic carbocycles. The summed E-state index contributed by atoms with van der Waals surface area (Å²) < 4.78 is 5.15. The maximum atomic E-state index is 12.0. The van der Waals surface area contributed by atoms with Crippen molar-refractivity contribution in [1.29, 1.82) is 0 Å². The van der Waals surface area contributed by atoms with Crippen LogP contribution in [0, 0.1) is 6.92 Å². The van der Waals surface area contributed by atoms with Crippen molar-refractivity contribution in [2.24, 2.45) is 0 Å². The predicted molar refractivity (Wildman–Crippen MR) is 79.8 cm³/mol. The minimum absolute atomic E-state index is 0.114. The molecule has 2 aromatic heterocycles. The Kier molecular flexibility index (Phi) is 5.05.